The summed E-state index contributed by atoms with van der Waals surface area (Å²) in [6, 6.07) is 12.0. The molecule has 0 aliphatic carbocycles. The molecule has 7 heteroatoms. The van der Waals surface area contributed by atoms with Gasteiger partial charge in [0.2, 0.25) is 11.7 Å². The summed E-state index contributed by atoms with van der Waals surface area (Å²) in [5, 5.41) is 12.1. The van der Waals surface area contributed by atoms with Crippen molar-refractivity contribution in [2.45, 2.75) is 39.2 Å². The second-order valence-corrected chi connectivity index (χ2v) is 7.89. The number of ketones is 1. The molecule has 0 unspecified atom stereocenters. The number of hydrogen-bond donors (Lipinski definition) is 1. The highest BCUT2D eigenvalue weighted by atomic mass is 16.2. The first kappa shape index (κ1) is 22.3. The van der Waals surface area contributed by atoms with Gasteiger partial charge in [0.1, 0.15) is 5.82 Å². The number of carbonyl (C=O) groups excluding carboxylic acids is 2. The van der Waals surface area contributed by atoms with Crippen LogP contribution in [0, 0.1) is 17.2 Å². The molecule has 1 aromatic heterocycles. The van der Waals surface area contributed by atoms with Gasteiger partial charge in [-0.1, -0.05) is 49.4 Å². The Morgan fingerprint density at radius 2 is 2.10 bits per heavy atom. The zero-order chi connectivity index (χ0) is 22.2. The van der Waals surface area contributed by atoms with E-state index in [1.165, 1.54) is 5.56 Å². The van der Waals surface area contributed by atoms with Crippen LogP contribution in [0.2, 0.25) is 0 Å². The van der Waals surface area contributed by atoms with Gasteiger partial charge in [-0.15, -0.1) is 0 Å². The molecule has 7 nitrogen and oxygen atoms in total. The van der Waals surface area contributed by atoms with E-state index in [1.54, 1.807) is 41.2 Å². The molecule has 1 N–H and O–H groups in total. The molecular formula is C24H29N5O2. The number of amides is 1. The first-order valence-corrected chi connectivity index (χ1v) is 10.6. The monoisotopic (exact) mass is 419 g/mol. The maximum Gasteiger partial charge on any atom is 0.234 e. The van der Waals surface area contributed by atoms with Gasteiger partial charge in [0, 0.05) is 32.3 Å². The molecule has 2 heterocycles. The number of aryl methyl sites for hydroxylation is 2. The lowest BCUT2D eigenvalue weighted by Crippen LogP contribution is -2.31. The molecule has 1 amide bonds. The van der Waals surface area contributed by atoms with Gasteiger partial charge in [-0.25, -0.2) is 9.67 Å². The summed E-state index contributed by atoms with van der Waals surface area (Å²) in [6.45, 7) is 2.67. The lowest BCUT2D eigenvalue weighted by molar-refractivity contribution is -0.120. The Morgan fingerprint density at radius 3 is 2.87 bits per heavy atom. The first-order chi connectivity index (χ1) is 15.0. The van der Waals surface area contributed by atoms with Crippen molar-refractivity contribution >= 4 is 29.6 Å². The molecule has 0 saturated carbocycles. The normalized spacial score (nSPS) is 17.7. The van der Waals surface area contributed by atoms with Gasteiger partial charge in [-0.2, -0.15) is 5.10 Å². The summed E-state index contributed by atoms with van der Waals surface area (Å²) < 4.78 is 1.81. The van der Waals surface area contributed by atoms with Crippen molar-refractivity contribution < 1.29 is 9.59 Å². The van der Waals surface area contributed by atoms with Gasteiger partial charge in [0.25, 0.3) is 0 Å². The lowest BCUT2D eigenvalue weighted by Gasteiger charge is -2.17. The van der Waals surface area contributed by atoms with Crippen molar-refractivity contribution in [2.24, 2.45) is 16.8 Å². The maximum atomic E-state index is 12.6. The average Bonchev–Trinajstić information content (AvgIpc) is 3.22. The van der Waals surface area contributed by atoms with Crippen LogP contribution in [0.1, 0.15) is 31.7 Å². The number of carbonyl (C=O) groups is 2. The van der Waals surface area contributed by atoms with Crippen LogP contribution >= 0.6 is 0 Å². The third-order valence-electron chi connectivity index (χ3n) is 5.46. The van der Waals surface area contributed by atoms with Crippen molar-refractivity contribution in [2.75, 3.05) is 11.9 Å². The van der Waals surface area contributed by atoms with E-state index in [0.29, 0.717) is 13.0 Å². The van der Waals surface area contributed by atoms with Crippen molar-refractivity contribution in [3.63, 3.8) is 0 Å². The van der Waals surface area contributed by atoms with E-state index >= 15 is 0 Å². The molecular weight excluding hydrogens is 390 g/mol. The van der Waals surface area contributed by atoms with E-state index in [-0.39, 0.29) is 35.8 Å². The fourth-order valence-corrected chi connectivity index (χ4v) is 3.53. The summed E-state index contributed by atoms with van der Waals surface area (Å²) in [5.74, 6) is 0.00758. The fraction of sp³-hybridized carbons (Fsp3) is 0.375. The van der Waals surface area contributed by atoms with Crippen molar-refractivity contribution in [3.05, 3.63) is 60.3 Å². The van der Waals surface area contributed by atoms with Gasteiger partial charge in [-0.05, 0) is 30.7 Å². The minimum absolute atomic E-state index is 0.0247. The van der Waals surface area contributed by atoms with Crippen LogP contribution in [0.3, 0.4) is 0 Å². The highest BCUT2D eigenvalue weighted by Crippen LogP contribution is 2.23. The molecule has 0 radical (unpaired) electrons. The summed E-state index contributed by atoms with van der Waals surface area (Å²) in [4.78, 5) is 30.5. The number of benzene rings is 1. The summed E-state index contributed by atoms with van der Waals surface area (Å²) in [6.07, 6.45) is 9.33. The SMILES string of the molecule is C[C@H](C=NC(=N)C(=O)C/C=C/[C@H]1CCn2nccc2N(C)C1=O)CCc1ccccc1. The Balaban J connectivity index is 1.45. The molecule has 2 aromatic rings. The first-order valence-electron chi connectivity index (χ1n) is 10.6. The molecule has 0 saturated heterocycles. The van der Waals surface area contributed by atoms with Crippen LogP contribution < -0.4 is 4.90 Å². The Morgan fingerprint density at radius 1 is 1.32 bits per heavy atom. The van der Waals surface area contributed by atoms with Gasteiger partial charge in [0.15, 0.2) is 5.84 Å². The van der Waals surface area contributed by atoms with E-state index in [9.17, 15) is 9.59 Å². The summed E-state index contributed by atoms with van der Waals surface area (Å²) >= 11 is 0. The Labute approximate surface area is 183 Å². The van der Waals surface area contributed by atoms with Crippen LogP contribution in [0.25, 0.3) is 0 Å². The van der Waals surface area contributed by atoms with E-state index in [4.69, 9.17) is 5.41 Å². The number of aliphatic imine (C=N–C) groups is 1. The number of allylic oxidation sites excluding steroid dienone is 1. The number of Topliss-reactive ketones (excluding diaryl/α,β-unsaturated/α-hetero) is 1. The largest absolute Gasteiger partial charge is 0.300 e. The van der Waals surface area contributed by atoms with Crippen LogP contribution in [0.4, 0.5) is 5.82 Å². The number of rotatable bonds is 8. The number of anilines is 1. The minimum atomic E-state index is -0.356. The molecule has 1 aromatic carbocycles. The smallest absolute Gasteiger partial charge is 0.234 e. The van der Waals surface area contributed by atoms with Crippen LogP contribution in [-0.2, 0) is 22.6 Å². The predicted octanol–water partition coefficient (Wildman–Crippen LogP) is 3.70. The summed E-state index contributed by atoms with van der Waals surface area (Å²) in [7, 11) is 1.73. The molecule has 0 spiro atoms. The van der Waals surface area contributed by atoms with E-state index in [1.807, 2.05) is 31.2 Å². The molecule has 1 aliphatic rings. The number of hydrogen-bond acceptors (Lipinski definition) is 4. The number of aromatic nitrogens is 2. The third kappa shape index (κ3) is 6.07. The van der Waals surface area contributed by atoms with E-state index in [0.717, 1.165) is 18.7 Å². The second kappa shape index (κ2) is 10.6. The highest BCUT2D eigenvalue weighted by molar-refractivity contribution is 6.39. The Kier molecular flexibility index (Phi) is 7.65. The predicted molar refractivity (Wildman–Crippen MR) is 123 cm³/mol. The third-order valence-corrected chi connectivity index (χ3v) is 5.46. The van der Waals surface area contributed by atoms with Crippen LogP contribution in [0.5, 0.6) is 0 Å². The average molecular weight is 420 g/mol. The van der Waals surface area contributed by atoms with Gasteiger partial charge in [-0.3, -0.25) is 19.9 Å². The van der Waals surface area contributed by atoms with Gasteiger partial charge in [0.05, 0.1) is 12.1 Å². The topological polar surface area (TPSA) is 91.4 Å². The molecule has 3 rings (SSSR count). The minimum Gasteiger partial charge on any atom is -0.300 e. The van der Waals surface area contributed by atoms with E-state index < -0.39 is 0 Å². The number of nitrogens with zero attached hydrogens (tertiary/aromatic N) is 4. The highest BCUT2D eigenvalue weighted by Gasteiger charge is 2.26. The zero-order valence-electron chi connectivity index (χ0n) is 18.1. The van der Waals surface area contributed by atoms with Crippen LogP contribution in [-0.4, -0.2) is 40.6 Å². The Hall–Kier alpha value is -3.35. The van der Waals surface area contributed by atoms with Gasteiger partial charge < -0.3 is 0 Å². The number of fused-ring (bicyclic) bond motifs is 1. The number of amidine groups is 1. The summed E-state index contributed by atoms with van der Waals surface area (Å²) in [5.41, 5.74) is 1.27. The fourth-order valence-electron chi connectivity index (χ4n) is 3.53. The molecule has 162 valence electrons. The maximum absolute atomic E-state index is 12.6. The lowest BCUT2D eigenvalue weighted by atomic mass is 10.0. The molecule has 2 atom stereocenters. The van der Waals surface area contributed by atoms with Crippen molar-refractivity contribution in [3.8, 4) is 0 Å². The molecule has 1 aliphatic heterocycles. The van der Waals surface area contributed by atoms with Crippen molar-refractivity contribution in [1.82, 2.24) is 9.78 Å². The quantitative estimate of drug-likeness (QED) is 0.402. The van der Waals surface area contributed by atoms with Crippen LogP contribution in [0.15, 0.2) is 59.7 Å². The number of nitrogens with one attached hydrogen (secondary N) is 1. The standard InChI is InChI=1S/C24H29N5O2/c1-18(11-12-19-7-4-3-5-8-19)17-26-23(25)21(30)10-6-9-20-14-16-29-22(13-15-27-29)28(2)24(20)31/h3-9,13,15,17-18,20,25H,10-12,14,16H2,1-2H3/b9-6+,25-23?,26-17?/t18-,20-/m0/s1. The molecule has 0 bridgehead atoms. The zero-order valence-corrected chi connectivity index (χ0v) is 18.1. The van der Waals surface area contributed by atoms with Gasteiger partial charge >= 0.3 is 0 Å². The van der Waals surface area contributed by atoms with E-state index in [2.05, 4.69) is 22.2 Å². The molecule has 31 heavy (non-hydrogen) atoms. The van der Waals surface area contributed by atoms with Crippen molar-refractivity contribution in [1.29, 1.82) is 5.41 Å². The Bertz CT molecular complexity index is 977. The second-order valence-electron chi connectivity index (χ2n) is 7.89. The molecule has 0 fully saturated rings.